The number of benzene rings is 1. The van der Waals surface area contributed by atoms with Gasteiger partial charge < -0.3 is 10.2 Å². The molecule has 1 heterocycles. The van der Waals surface area contributed by atoms with E-state index in [1.807, 2.05) is 11.0 Å². The highest BCUT2D eigenvalue weighted by Gasteiger charge is 2.20. The molecule has 0 atom stereocenters. The van der Waals surface area contributed by atoms with Crippen LogP contribution in [0.3, 0.4) is 0 Å². The van der Waals surface area contributed by atoms with Crippen molar-refractivity contribution >= 4 is 6.03 Å². The van der Waals surface area contributed by atoms with Gasteiger partial charge in [0.05, 0.1) is 0 Å². The lowest BCUT2D eigenvalue weighted by Crippen LogP contribution is -2.51. The first kappa shape index (κ1) is 13.9. The van der Waals surface area contributed by atoms with Gasteiger partial charge in [-0.3, -0.25) is 4.90 Å². The summed E-state index contributed by atoms with van der Waals surface area (Å²) < 4.78 is 0. The van der Waals surface area contributed by atoms with E-state index in [2.05, 4.69) is 41.4 Å². The molecular formula is C15H23N3O. The van der Waals surface area contributed by atoms with Gasteiger partial charge in [0.1, 0.15) is 0 Å². The molecule has 19 heavy (non-hydrogen) atoms. The molecule has 1 aromatic carbocycles. The van der Waals surface area contributed by atoms with Crippen LogP contribution in [-0.4, -0.2) is 48.6 Å². The van der Waals surface area contributed by atoms with Gasteiger partial charge in [-0.2, -0.15) is 0 Å². The fraction of sp³-hybridized carbons (Fsp3) is 0.533. The molecule has 0 radical (unpaired) electrons. The maximum Gasteiger partial charge on any atom is 0.317 e. The Balaban J connectivity index is 1.75. The summed E-state index contributed by atoms with van der Waals surface area (Å²) in [5.41, 5.74) is 1.34. The predicted octanol–water partition coefficient (Wildman–Crippen LogP) is 1.92. The molecule has 1 N–H and O–H groups in total. The number of urea groups is 1. The van der Waals surface area contributed by atoms with E-state index >= 15 is 0 Å². The van der Waals surface area contributed by atoms with Gasteiger partial charge in [0.25, 0.3) is 0 Å². The van der Waals surface area contributed by atoms with Crippen LogP contribution in [0.1, 0.15) is 18.9 Å². The number of nitrogens with one attached hydrogen (secondary N) is 1. The van der Waals surface area contributed by atoms with Gasteiger partial charge in [0.2, 0.25) is 0 Å². The van der Waals surface area contributed by atoms with Crippen molar-refractivity contribution in [2.75, 3.05) is 32.7 Å². The van der Waals surface area contributed by atoms with Gasteiger partial charge in [0.15, 0.2) is 0 Å². The first-order chi connectivity index (χ1) is 9.29. The minimum atomic E-state index is 0.0845. The summed E-state index contributed by atoms with van der Waals surface area (Å²) in [4.78, 5) is 16.1. The summed E-state index contributed by atoms with van der Waals surface area (Å²) in [6.07, 6.45) is 0.986. The van der Waals surface area contributed by atoms with Crippen LogP contribution in [0, 0.1) is 0 Å². The number of amides is 2. The van der Waals surface area contributed by atoms with Crippen molar-refractivity contribution in [1.82, 2.24) is 15.1 Å². The summed E-state index contributed by atoms with van der Waals surface area (Å²) in [6, 6.07) is 10.6. The van der Waals surface area contributed by atoms with Crippen molar-refractivity contribution < 1.29 is 4.79 Å². The number of rotatable bonds is 4. The van der Waals surface area contributed by atoms with E-state index in [4.69, 9.17) is 0 Å². The predicted molar refractivity (Wildman–Crippen MR) is 77.0 cm³/mol. The molecule has 1 fully saturated rings. The normalized spacial score (nSPS) is 16.4. The second kappa shape index (κ2) is 7.14. The first-order valence-electron chi connectivity index (χ1n) is 7.08. The van der Waals surface area contributed by atoms with Crippen molar-refractivity contribution in [3.8, 4) is 0 Å². The lowest BCUT2D eigenvalue weighted by molar-refractivity contribution is 0.135. The number of carbonyl (C=O) groups excluding carboxylic acids is 1. The van der Waals surface area contributed by atoms with Crippen molar-refractivity contribution in [3.63, 3.8) is 0 Å². The van der Waals surface area contributed by atoms with Gasteiger partial charge >= 0.3 is 6.03 Å². The molecule has 1 aromatic rings. The maximum atomic E-state index is 11.8. The molecule has 2 rings (SSSR count). The average Bonchev–Trinajstić information content (AvgIpc) is 2.46. The second-order valence-corrected chi connectivity index (χ2v) is 4.98. The van der Waals surface area contributed by atoms with Crippen LogP contribution in [0.4, 0.5) is 4.79 Å². The van der Waals surface area contributed by atoms with Crippen LogP contribution in [0.15, 0.2) is 30.3 Å². The quantitative estimate of drug-likeness (QED) is 0.899. The number of hydrogen-bond acceptors (Lipinski definition) is 2. The number of hydrogen-bond donors (Lipinski definition) is 1. The Labute approximate surface area is 115 Å². The summed E-state index contributed by atoms with van der Waals surface area (Å²) in [6.45, 7) is 7.36. The first-order valence-corrected chi connectivity index (χ1v) is 7.08. The van der Waals surface area contributed by atoms with Crippen molar-refractivity contribution in [2.45, 2.75) is 19.9 Å². The number of carbonyl (C=O) groups is 1. The van der Waals surface area contributed by atoms with Crippen molar-refractivity contribution in [2.24, 2.45) is 0 Å². The highest BCUT2D eigenvalue weighted by molar-refractivity contribution is 5.74. The molecule has 2 amide bonds. The molecule has 4 heteroatoms. The lowest BCUT2D eigenvalue weighted by atomic mass is 10.2. The third kappa shape index (κ3) is 4.24. The minimum absolute atomic E-state index is 0.0845. The molecule has 0 spiro atoms. The zero-order chi connectivity index (χ0) is 13.5. The van der Waals surface area contributed by atoms with Crippen molar-refractivity contribution in [3.05, 3.63) is 35.9 Å². The van der Waals surface area contributed by atoms with Crippen LogP contribution >= 0.6 is 0 Å². The molecule has 0 aromatic heterocycles. The minimum Gasteiger partial charge on any atom is -0.338 e. The van der Waals surface area contributed by atoms with Gasteiger partial charge in [-0.15, -0.1) is 0 Å². The molecule has 0 unspecified atom stereocenters. The fourth-order valence-corrected chi connectivity index (χ4v) is 2.29. The third-order valence-corrected chi connectivity index (χ3v) is 3.43. The second-order valence-electron chi connectivity index (χ2n) is 4.98. The molecule has 1 aliphatic heterocycles. The smallest absolute Gasteiger partial charge is 0.317 e. The highest BCUT2D eigenvalue weighted by Crippen LogP contribution is 2.08. The summed E-state index contributed by atoms with van der Waals surface area (Å²) in [5.74, 6) is 0. The van der Waals surface area contributed by atoms with Gasteiger partial charge in [-0.05, 0) is 12.0 Å². The Morgan fingerprint density at radius 2 is 1.84 bits per heavy atom. The van der Waals surface area contributed by atoms with E-state index in [0.717, 1.165) is 45.7 Å². The molecule has 1 aliphatic rings. The Bertz CT molecular complexity index is 386. The molecule has 4 nitrogen and oxygen atoms in total. The van der Waals surface area contributed by atoms with E-state index in [-0.39, 0.29) is 6.03 Å². The van der Waals surface area contributed by atoms with E-state index < -0.39 is 0 Å². The van der Waals surface area contributed by atoms with Crippen molar-refractivity contribution in [1.29, 1.82) is 0 Å². The van der Waals surface area contributed by atoms with Crippen LogP contribution in [0.2, 0.25) is 0 Å². The van der Waals surface area contributed by atoms with E-state index in [1.165, 1.54) is 5.56 Å². The lowest BCUT2D eigenvalue weighted by Gasteiger charge is -2.34. The molecule has 0 aliphatic carbocycles. The standard InChI is InChI=1S/C15H23N3O/c1-2-8-16-15(19)18-11-9-17(10-12-18)13-14-6-4-3-5-7-14/h3-7H,2,8-13H2,1H3,(H,16,19). The molecule has 0 bridgehead atoms. The number of piperazine rings is 1. The van der Waals surface area contributed by atoms with Crippen LogP contribution in [-0.2, 0) is 6.54 Å². The SMILES string of the molecule is CCCNC(=O)N1CCN(Cc2ccccc2)CC1. The van der Waals surface area contributed by atoms with Gasteiger partial charge in [0, 0.05) is 39.3 Å². The Hall–Kier alpha value is -1.55. The van der Waals surface area contributed by atoms with E-state index in [1.54, 1.807) is 0 Å². The summed E-state index contributed by atoms with van der Waals surface area (Å²) in [7, 11) is 0. The third-order valence-electron chi connectivity index (χ3n) is 3.43. The number of nitrogens with zero attached hydrogens (tertiary/aromatic N) is 2. The highest BCUT2D eigenvalue weighted by atomic mass is 16.2. The maximum absolute atomic E-state index is 11.8. The van der Waals surface area contributed by atoms with Crippen LogP contribution < -0.4 is 5.32 Å². The zero-order valence-corrected chi connectivity index (χ0v) is 11.6. The van der Waals surface area contributed by atoms with Gasteiger partial charge in [-0.1, -0.05) is 37.3 Å². The van der Waals surface area contributed by atoms with Gasteiger partial charge in [-0.25, -0.2) is 4.79 Å². The molecule has 104 valence electrons. The van der Waals surface area contributed by atoms with Crippen LogP contribution in [0.5, 0.6) is 0 Å². The summed E-state index contributed by atoms with van der Waals surface area (Å²) in [5, 5.41) is 2.94. The Kier molecular flexibility index (Phi) is 5.21. The average molecular weight is 261 g/mol. The Morgan fingerprint density at radius 3 is 2.47 bits per heavy atom. The zero-order valence-electron chi connectivity index (χ0n) is 11.6. The Morgan fingerprint density at radius 1 is 1.16 bits per heavy atom. The topological polar surface area (TPSA) is 35.6 Å². The van der Waals surface area contributed by atoms with Crippen LogP contribution in [0.25, 0.3) is 0 Å². The molecule has 0 saturated carbocycles. The fourth-order valence-electron chi connectivity index (χ4n) is 2.29. The monoisotopic (exact) mass is 261 g/mol. The molecular weight excluding hydrogens is 238 g/mol. The molecule has 1 saturated heterocycles. The largest absolute Gasteiger partial charge is 0.338 e. The van der Waals surface area contributed by atoms with E-state index in [9.17, 15) is 4.79 Å². The summed E-state index contributed by atoms with van der Waals surface area (Å²) >= 11 is 0. The van der Waals surface area contributed by atoms with E-state index in [0.29, 0.717) is 0 Å².